The van der Waals surface area contributed by atoms with Gasteiger partial charge in [0.1, 0.15) is 0 Å². The number of hydrogen-bond acceptors (Lipinski definition) is 0. The molecule has 12 rings (SSSR count). The van der Waals surface area contributed by atoms with Gasteiger partial charge in [-0.1, -0.05) is 128 Å². The molecule has 0 aliphatic carbocycles. The topological polar surface area (TPSA) is 15.9 Å². The summed E-state index contributed by atoms with van der Waals surface area (Å²) in [6.07, 6.45) is 11.9. The first-order chi connectivity index (χ1) is 25.9. The number of allylic oxidation sites excluding steroid dienone is 4. The first-order valence-electron chi connectivity index (χ1n) is 18.6. The van der Waals surface area contributed by atoms with E-state index in [9.17, 15) is 0 Å². The minimum absolute atomic E-state index is 0.772. The molecular weight excluding hydrogens is 645 g/mol. The molecule has 0 saturated carbocycles. The van der Waals surface area contributed by atoms with Crippen molar-refractivity contribution in [3.63, 3.8) is 0 Å². The zero-order chi connectivity index (χ0) is 35.3. The maximum atomic E-state index is 2.67. The second kappa shape index (κ2) is 9.87. The van der Waals surface area contributed by atoms with Gasteiger partial charge in [-0.05, 0) is 68.1 Å². The molecule has 4 nitrogen and oxygen atoms in total. The highest BCUT2D eigenvalue weighted by atomic mass is 15.6. The fraction of sp³-hybridized carbons (Fsp3) is 0.102. The molecule has 250 valence electrons. The predicted molar refractivity (Wildman–Crippen MR) is 213 cm³/mol. The summed E-state index contributed by atoms with van der Waals surface area (Å²) in [7, 11) is 0. The van der Waals surface area contributed by atoms with Crippen LogP contribution in [0.15, 0.2) is 151 Å². The summed E-state index contributed by atoms with van der Waals surface area (Å²) in [5.74, 6) is -0.772. The molecule has 0 fully saturated rings. The second-order valence-electron chi connectivity index (χ2n) is 15.4. The zero-order valence-corrected chi connectivity index (χ0v) is 30.1. The van der Waals surface area contributed by atoms with Crippen molar-refractivity contribution in [1.82, 2.24) is 9.13 Å². The van der Waals surface area contributed by atoms with E-state index in [2.05, 4.69) is 192 Å². The fourth-order valence-electron chi connectivity index (χ4n) is 10.0. The minimum Gasteiger partial charge on any atom is -0.198 e. The first-order valence-corrected chi connectivity index (χ1v) is 18.6. The van der Waals surface area contributed by atoms with Crippen molar-refractivity contribution < 1.29 is 9.15 Å². The van der Waals surface area contributed by atoms with Crippen LogP contribution in [0.2, 0.25) is 0 Å². The summed E-state index contributed by atoms with van der Waals surface area (Å²) in [6.45, 7) is 8.79. The number of nitrogens with zero attached hydrogens (tertiary/aromatic N) is 4. The molecule has 0 radical (unpaired) electrons. The van der Waals surface area contributed by atoms with Crippen LogP contribution < -0.4 is 10.7 Å². The van der Waals surface area contributed by atoms with Crippen LogP contribution in [0.4, 0.5) is 0 Å². The van der Waals surface area contributed by atoms with E-state index in [1.54, 1.807) is 0 Å². The largest absolute Gasteiger partial charge is 0.553 e. The molecule has 2 aromatic heterocycles. The van der Waals surface area contributed by atoms with Crippen LogP contribution in [0.1, 0.15) is 50.3 Å². The maximum absolute atomic E-state index is 2.67. The Morgan fingerprint density at radius 2 is 0.981 bits per heavy atom. The van der Waals surface area contributed by atoms with Gasteiger partial charge in [0.2, 0.25) is 22.8 Å². The quantitative estimate of drug-likeness (QED) is 0.168. The molecular formula is C49H36N4+2. The van der Waals surface area contributed by atoms with E-state index < -0.39 is 5.91 Å². The van der Waals surface area contributed by atoms with Gasteiger partial charge in [0.25, 0.3) is 0 Å². The molecule has 4 aromatic carbocycles. The Morgan fingerprint density at radius 1 is 0.472 bits per heavy atom. The van der Waals surface area contributed by atoms with Gasteiger partial charge in [0.05, 0.1) is 38.8 Å². The van der Waals surface area contributed by atoms with Crippen LogP contribution in [0.25, 0.3) is 33.9 Å². The van der Waals surface area contributed by atoms with Crippen molar-refractivity contribution in [3.8, 4) is 11.1 Å². The lowest BCUT2D eigenvalue weighted by Gasteiger charge is -2.40. The van der Waals surface area contributed by atoms with Gasteiger partial charge in [-0.3, -0.25) is 0 Å². The average Bonchev–Trinajstić information content (AvgIpc) is 3.96. The van der Waals surface area contributed by atoms with Crippen molar-refractivity contribution >= 4 is 34.2 Å². The summed E-state index contributed by atoms with van der Waals surface area (Å²) in [5, 5.41) is 2.45. The molecule has 4 heteroatoms. The third kappa shape index (κ3) is 3.51. The van der Waals surface area contributed by atoms with E-state index in [1.165, 1.54) is 112 Å². The average molecular weight is 681 g/mol. The van der Waals surface area contributed by atoms with E-state index in [4.69, 9.17) is 0 Å². The third-order valence-corrected chi connectivity index (χ3v) is 12.0. The smallest absolute Gasteiger partial charge is 0.198 e. The summed E-state index contributed by atoms with van der Waals surface area (Å²) < 4.78 is 10.6. The molecule has 1 spiro atoms. The van der Waals surface area contributed by atoms with Crippen molar-refractivity contribution in [3.05, 3.63) is 212 Å². The van der Waals surface area contributed by atoms with Crippen LogP contribution >= 0.6 is 0 Å². The van der Waals surface area contributed by atoms with Gasteiger partial charge in [-0.15, -0.1) is 0 Å². The normalized spacial score (nSPS) is 19.4. The Balaban J connectivity index is 1.34. The van der Waals surface area contributed by atoms with E-state index in [0.717, 1.165) is 0 Å². The molecule has 0 saturated heterocycles. The molecule has 6 aliphatic heterocycles. The Hall–Kier alpha value is -6.52. The van der Waals surface area contributed by atoms with Gasteiger partial charge >= 0.3 is 5.91 Å². The Kier molecular flexibility index (Phi) is 5.42. The fourth-order valence-corrected chi connectivity index (χ4v) is 10.0. The monoisotopic (exact) mass is 680 g/mol. The summed E-state index contributed by atoms with van der Waals surface area (Å²) in [6, 6.07) is 43.3. The van der Waals surface area contributed by atoms with Crippen LogP contribution in [0.5, 0.6) is 0 Å². The lowest BCUT2D eigenvalue weighted by molar-refractivity contribution is -0.834. The van der Waals surface area contributed by atoms with Gasteiger partial charge < -0.3 is 0 Å². The highest BCUT2D eigenvalue weighted by molar-refractivity contribution is 6.29. The maximum Gasteiger partial charge on any atom is 0.553 e. The van der Waals surface area contributed by atoms with Crippen molar-refractivity contribution in [1.29, 1.82) is 0 Å². The van der Waals surface area contributed by atoms with Crippen LogP contribution in [-0.2, 0) is 5.91 Å². The lowest BCUT2D eigenvalue weighted by atomic mass is 9.93. The molecule has 1 atom stereocenters. The molecule has 6 aromatic rings. The van der Waals surface area contributed by atoms with Gasteiger partial charge in [-0.2, -0.15) is 9.13 Å². The SMILES string of the molecule is Cc1cccc(C2=C3C=CC4=[N+]3[C@]35n6c2cc(-c2cccc(C)c2)c6C=C2C=CC(=[N+]23)C(c2cccc(C)c2)=c2ccc(n25)=C4c2cccc(C)c2)c1. The highest BCUT2D eigenvalue weighted by Crippen LogP contribution is 2.52. The summed E-state index contributed by atoms with van der Waals surface area (Å²) in [5.41, 5.74) is 22.3. The molecule has 0 amide bonds. The molecule has 8 heterocycles. The van der Waals surface area contributed by atoms with Crippen molar-refractivity contribution in [2.24, 2.45) is 0 Å². The lowest BCUT2D eigenvalue weighted by Crippen LogP contribution is -2.71. The predicted octanol–water partition coefficient (Wildman–Crippen LogP) is 7.91. The standard InChI is InChI=1S/C49H36N4/c1-29-9-5-13-33(23-29)38-28-45-48(36-16-8-12-32(4)26-36)43-22-21-42-47(35-15-7-11-31(3)25-35)41-20-19-40-46(34-14-6-10-30(2)24-34)39-18-17-37-27-44(38)53(45)49(50(37)39,51(40)41)52(42)43/h5-28H,1-4H3/q+2/t49-/m0/s1. The van der Waals surface area contributed by atoms with E-state index in [-0.39, 0.29) is 0 Å². The summed E-state index contributed by atoms with van der Waals surface area (Å²) >= 11 is 0. The molecule has 0 unspecified atom stereocenters. The Morgan fingerprint density at radius 3 is 1.57 bits per heavy atom. The number of hydrogen-bond donors (Lipinski definition) is 0. The molecule has 0 N–H and O–H groups in total. The van der Waals surface area contributed by atoms with Gasteiger partial charge in [0, 0.05) is 35.9 Å². The van der Waals surface area contributed by atoms with E-state index >= 15 is 0 Å². The number of aryl methyl sites for hydroxylation is 4. The second-order valence-corrected chi connectivity index (χ2v) is 15.4. The zero-order valence-electron chi connectivity index (χ0n) is 30.1. The van der Waals surface area contributed by atoms with Gasteiger partial charge in [-0.25, -0.2) is 0 Å². The number of benzene rings is 4. The third-order valence-electron chi connectivity index (χ3n) is 12.0. The number of aromatic nitrogens is 2. The molecule has 0 bridgehead atoms. The summed E-state index contributed by atoms with van der Waals surface area (Å²) in [4.78, 5) is 0. The first kappa shape index (κ1) is 29.1. The van der Waals surface area contributed by atoms with E-state index in [0.29, 0.717) is 0 Å². The van der Waals surface area contributed by atoms with Gasteiger partial charge in [0.15, 0.2) is 0 Å². The Bertz CT molecular complexity index is 3090. The molecule has 6 aliphatic rings. The minimum atomic E-state index is -0.772. The van der Waals surface area contributed by atoms with Crippen molar-refractivity contribution in [2.45, 2.75) is 33.6 Å². The van der Waals surface area contributed by atoms with Crippen LogP contribution in [-0.4, -0.2) is 29.7 Å². The van der Waals surface area contributed by atoms with Crippen molar-refractivity contribution in [2.75, 3.05) is 0 Å². The number of rotatable bonds is 4. The van der Waals surface area contributed by atoms with Crippen LogP contribution in [0.3, 0.4) is 0 Å². The Labute approximate surface area is 308 Å². The van der Waals surface area contributed by atoms with Crippen LogP contribution in [0, 0.1) is 27.7 Å². The molecule has 53 heavy (non-hydrogen) atoms. The van der Waals surface area contributed by atoms with E-state index in [1.807, 2.05) is 0 Å². The highest BCUT2D eigenvalue weighted by Gasteiger charge is 2.72.